The summed E-state index contributed by atoms with van der Waals surface area (Å²) in [4.78, 5) is 14.0. The maximum atomic E-state index is 12.2. The number of ether oxygens (including phenoxy) is 1. The molecule has 1 aliphatic heterocycles. The molecule has 0 radical (unpaired) electrons. The first-order valence-corrected chi connectivity index (χ1v) is 8.30. The molecule has 3 rings (SSSR count). The molecule has 1 amide bonds. The van der Waals surface area contributed by atoms with E-state index in [4.69, 9.17) is 9.15 Å². The lowest BCUT2D eigenvalue weighted by Crippen LogP contribution is -2.38. The van der Waals surface area contributed by atoms with E-state index in [0.717, 1.165) is 34.0 Å². The third kappa shape index (κ3) is 3.14. The number of furan rings is 1. The summed E-state index contributed by atoms with van der Waals surface area (Å²) in [6.07, 6.45) is 1.27. The van der Waals surface area contributed by atoms with E-state index in [1.807, 2.05) is 32.9 Å². The van der Waals surface area contributed by atoms with Gasteiger partial charge in [-0.25, -0.2) is 4.79 Å². The van der Waals surface area contributed by atoms with Crippen molar-refractivity contribution in [2.45, 2.75) is 39.2 Å². The summed E-state index contributed by atoms with van der Waals surface area (Å²) in [6, 6.07) is 6.05. The van der Waals surface area contributed by atoms with Gasteiger partial charge in [0.2, 0.25) is 0 Å². The van der Waals surface area contributed by atoms with E-state index in [-0.39, 0.29) is 6.09 Å². The number of benzene rings is 1. The Bertz CT molecular complexity index is 714. The summed E-state index contributed by atoms with van der Waals surface area (Å²) in [6.45, 7) is 6.94. The van der Waals surface area contributed by atoms with Crippen LogP contribution in [-0.2, 0) is 17.6 Å². The number of fused-ring (bicyclic) bond motifs is 3. The van der Waals surface area contributed by atoms with Crippen molar-refractivity contribution in [1.29, 1.82) is 0 Å². The number of carbonyl (C=O) groups is 1. The molecule has 0 saturated carbocycles. The molecule has 0 N–H and O–H groups in total. The molecule has 1 aromatic heterocycles. The monoisotopic (exact) mass is 365 g/mol. The summed E-state index contributed by atoms with van der Waals surface area (Å²) < 4.78 is 12.5. The molecule has 2 heterocycles. The molecule has 0 saturated heterocycles. The number of nitrogens with zero attached hydrogens (tertiary/aromatic N) is 1. The lowest BCUT2D eigenvalue weighted by molar-refractivity contribution is 0.0257. The fraction of sp³-hybridized carbons (Fsp3) is 0.471. The van der Waals surface area contributed by atoms with Gasteiger partial charge in [-0.2, -0.15) is 0 Å². The van der Waals surface area contributed by atoms with Gasteiger partial charge in [-0.1, -0.05) is 15.9 Å². The van der Waals surface area contributed by atoms with Crippen molar-refractivity contribution in [3.05, 3.63) is 34.0 Å². The van der Waals surface area contributed by atoms with Crippen LogP contribution in [0.25, 0.3) is 11.0 Å². The summed E-state index contributed by atoms with van der Waals surface area (Å²) in [5.74, 6) is 0.985. The standard InChI is InChI=1S/C17H20BrNO3/c1-17(2,3)22-16(20)19-8-6-12-13-10-11(18)4-5-14(13)21-15(12)7-9-19/h4-5,10H,6-9H2,1-3H3. The van der Waals surface area contributed by atoms with E-state index in [1.165, 1.54) is 5.56 Å². The van der Waals surface area contributed by atoms with Gasteiger partial charge in [0.15, 0.2) is 0 Å². The van der Waals surface area contributed by atoms with Gasteiger partial charge in [-0.05, 0) is 45.4 Å². The molecule has 0 unspecified atom stereocenters. The Labute approximate surface area is 138 Å². The molecular weight excluding hydrogens is 346 g/mol. The molecule has 5 heteroatoms. The smallest absolute Gasteiger partial charge is 0.410 e. The average Bonchev–Trinajstić information content (AvgIpc) is 2.61. The third-order valence-electron chi connectivity index (χ3n) is 3.73. The van der Waals surface area contributed by atoms with Crippen molar-refractivity contribution in [2.24, 2.45) is 0 Å². The molecule has 0 bridgehead atoms. The minimum atomic E-state index is -0.465. The average molecular weight is 366 g/mol. The lowest BCUT2D eigenvalue weighted by atomic mass is 10.1. The van der Waals surface area contributed by atoms with Crippen LogP contribution in [-0.4, -0.2) is 29.7 Å². The van der Waals surface area contributed by atoms with Crippen molar-refractivity contribution in [2.75, 3.05) is 13.1 Å². The highest BCUT2D eigenvalue weighted by Crippen LogP contribution is 2.31. The fourth-order valence-corrected chi connectivity index (χ4v) is 3.11. The zero-order valence-electron chi connectivity index (χ0n) is 13.1. The van der Waals surface area contributed by atoms with E-state index in [2.05, 4.69) is 22.0 Å². The second kappa shape index (κ2) is 5.61. The van der Waals surface area contributed by atoms with E-state index in [1.54, 1.807) is 4.90 Å². The van der Waals surface area contributed by atoms with Crippen molar-refractivity contribution in [3.63, 3.8) is 0 Å². The Hall–Kier alpha value is -1.49. The summed E-state index contributed by atoms with van der Waals surface area (Å²) in [7, 11) is 0. The van der Waals surface area contributed by atoms with Gasteiger partial charge in [-0.3, -0.25) is 0 Å². The second-order valence-corrected chi connectivity index (χ2v) is 7.53. The number of amides is 1. The Morgan fingerprint density at radius 3 is 2.73 bits per heavy atom. The maximum absolute atomic E-state index is 12.2. The predicted molar refractivity (Wildman–Crippen MR) is 89.1 cm³/mol. The lowest BCUT2D eigenvalue weighted by Gasteiger charge is -2.26. The zero-order chi connectivity index (χ0) is 15.9. The highest BCUT2D eigenvalue weighted by molar-refractivity contribution is 9.10. The molecule has 1 aromatic carbocycles. The number of carbonyl (C=O) groups excluding carboxylic acids is 1. The van der Waals surface area contributed by atoms with Gasteiger partial charge < -0.3 is 14.1 Å². The van der Waals surface area contributed by atoms with E-state index in [0.29, 0.717) is 13.1 Å². The topological polar surface area (TPSA) is 42.7 Å². The number of hydrogen-bond donors (Lipinski definition) is 0. The van der Waals surface area contributed by atoms with Crippen LogP contribution in [0.2, 0.25) is 0 Å². The number of halogens is 1. The molecular formula is C17H20BrNO3. The summed E-state index contributed by atoms with van der Waals surface area (Å²) >= 11 is 3.51. The van der Waals surface area contributed by atoms with Crippen molar-refractivity contribution in [3.8, 4) is 0 Å². The Morgan fingerprint density at radius 2 is 2.00 bits per heavy atom. The van der Waals surface area contributed by atoms with Crippen LogP contribution in [0.5, 0.6) is 0 Å². The molecule has 22 heavy (non-hydrogen) atoms. The van der Waals surface area contributed by atoms with Gasteiger partial charge in [0.05, 0.1) is 0 Å². The van der Waals surface area contributed by atoms with Crippen molar-refractivity contribution in [1.82, 2.24) is 4.90 Å². The predicted octanol–water partition coefficient (Wildman–Crippen LogP) is 4.53. The van der Waals surface area contributed by atoms with Crippen LogP contribution in [0.4, 0.5) is 4.79 Å². The van der Waals surface area contributed by atoms with Gasteiger partial charge >= 0.3 is 6.09 Å². The van der Waals surface area contributed by atoms with Crippen LogP contribution in [0.1, 0.15) is 32.1 Å². The molecule has 0 aliphatic carbocycles. The van der Waals surface area contributed by atoms with Crippen LogP contribution in [0.15, 0.2) is 27.1 Å². The van der Waals surface area contributed by atoms with Gasteiger partial charge in [0.1, 0.15) is 16.9 Å². The quantitative estimate of drug-likeness (QED) is 0.688. The first-order valence-electron chi connectivity index (χ1n) is 7.51. The fourth-order valence-electron chi connectivity index (χ4n) is 2.75. The van der Waals surface area contributed by atoms with Gasteiger partial charge in [-0.15, -0.1) is 0 Å². The Morgan fingerprint density at radius 1 is 1.27 bits per heavy atom. The number of hydrogen-bond acceptors (Lipinski definition) is 3. The summed E-state index contributed by atoms with van der Waals surface area (Å²) in [5, 5.41) is 1.13. The highest BCUT2D eigenvalue weighted by atomic mass is 79.9. The Kier molecular flexibility index (Phi) is 3.93. The molecule has 1 aliphatic rings. The van der Waals surface area contributed by atoms with Crippen LogP contribution in [0.3, 0.4) is 0 Å². The van der Waals surface area contributed by atoms with E-state index in [9.17, 15) is 4.79 Å². The van der Waals surface area contributed by atoms with E-state index < -0.39 is 5.60 Å². The highest BCUT2D eigenvalue weighted by Gasteiger charge is 2.26. The summed E-state index contributed by atoms with van der Waals surface area (Å²) in [5.41, 5.74) is 1.66. The maximum Gasteiger partial charge on any atom is 0.410 e. The zero-order valence-corrected chi connectivity index (χ0v) is 14.7. The largest absolute Gasteiger partial charge is 0.461 e. The molecule has 0 spiro atoms. The molecule has 118 valence electrons. The molecule has 4 nitrogen and oxygen atoms in total. The minimum absolute atomic E-state index is 0.247. The Balaban J connectivity index is 1.81. The molecule has 0 atom stereocenters. The van der Waals surface area contributed by atoms with Crippen LogP contribution in [0, 0.1) is 0 Å². The normalized spacial score (nSPS) is 15.5. The van der Waals surface area contributed by atoms with Crippen molar-refractivity contribution >= 4 is 33.0 Å². The van der Waals surface area contributed by atoms with Gasteiger partial charge in [0, 0.05) is 34.9 Å². The van der Waals surface area contributed by atoms with Crippen LogP contribution < -0.4 is 0 Å². The molecule has 2 aromatic rings. The van der Waals surface area contributed by atoms with Crippen LogP contribution >= 0.6 is 15.9 Å². The van der Waals surface area contributed by atoms with E-state index >= 15 is 0 Å². The molecule has 0 fully saturated rings. The minimum Gasteiger partial charge on any atom is -0.461 e. The first-order chi connectivity index (χ1) is 10.3. The third-order valence-corrected chi connectivity index (χ3v) is 4.22. The number of rotatable bonds is 0. The van der Waals surface area contributed by atoms with Crippen molar-refractivity contribution < 1.29 is 13.9 Å². The second-order valence-electron chi connectivity index (χ2n) is 6.61. The van der Waals surface area contributed by atoms with Gasteiger partial charge in [0.25, 0.3) is 0 Å². The first kappa shape index (κ1) is 15.4. The SMILES string of the molecule is CC(C)(C)OC(=O)N1CCc2oc3ccc(Br)cc3c2CC1.